The van der Waals surface area contributed by atoms with Crippen LogP contribution >= 0.6 is 15.9 Å². The molecule has 0 spiro atoms. The highest BCUT2D eigenvalue weighted by Crippen LogP contribution is 2.33. The summed E-state index contributed by atoms with van der Waals surface area (Å²) in [4.78, 5) is 7.14. The lowest BCUT2D eigenvalue weighted by Crippen LogP contribution is -2.10. The Labute approximate surface area is 180 Å². The van der Waals surface area contributed by atoms with Crippen molar-refractivity contribution >= 4 is 33.4 Å². The molecule has 2 aromatic carbocycles. The number of hydrogen-bond donors (Lipinski definition) is 1. The van der Waals surface area contributed by atoms with Crippen molar-refractivity contribution in [3.63, 3.8) is 0 Å². The molecular formula is C19H12BrF6N5. The van der Waals surface area contributed by atoms with E-state index in [1.807, 2.05) is 0 Å². The van der Waals surface area contributed by atoms with Crippen LogP contribution in [-0.4, -0.2) is 9.97 Å². The first-order valence-corrected chi connectivity index (χ1v) is 9.32. The SMILES string of the molecule is FC(F)(F)c1cccc(Nc2cc(C(F)(F)F)nc(N=NCc3cccc(Br)c3)n2)c1. The number of nitrogens with one attached hydrogen (secondary N) is 1. The van der Waals surface area contributed by atoms with E-state index < -0.39 is 29.6 Å². The lowest BCUT2D eigenvalue weighted by atomic mass is 10.2. The van der Waals surface area contributed by atoms with Gasteiger partial charge in [-0.15, -0.1) is 5.11 Å². The second-order valence-corrected chi connectivity index (χ2v) is 7.08. The molecule has 0 fully saturated rings. The highest BCUT2D eigenvalue weighted by molar-refractivity contribution is 9.10. The second-order valence-electron chi connectivity index (χ2n) is 6.17. The lowest BCUT2D eigenvalue weighted by Gasteiger charge is -2.12. The van der Waals surface area contributed by atoms with Gasteiger partial charge >= 0.3 is 12.4 Å². The van der Waals surface area contributed by atoms with E-state index in [0.717, 1.165) is 28.2 Å². The Hall–Kier alpha value is -3.02. The van der Waals surface area contributed by atoms with Gasteiger partial charge in [0.25, 0.3) is 5.95 Å². The maximum atomic E-state index is 13.2. The van der Waals surface area contributed by atoms with Crippen molar-refractivity contribution in [2.45, 2.75) is 18.9 Å². The topological polar surface area (TPSA) is 62.5 Å². The zero-order valence-electron chi connectivity index (χ0n) is 15.3. The van der Waals surface area contributed by atoms with Gasteiger partial charge in [-0.3, -0.25) is 0 Å². The van der Waals surface area contributed by atoms with Crippen LogP contribution in [0.25, 0.3) is 0 Å². The molecule has 5 nitrogen and oxygen atoms in total. The second kappa shape index (κ2) is 9.00. The predicted molar refractivity (Wildman–Crippen MR) is 104 cm³/mol. The molecule has 0 aliphatic carbocycles. The van der Waals surface area contributed by atoms with E-state index in [4.69, 9.17) is 0 Å². The quantitative estimate of drug-likeness (QED) is 0.293. The van der Waals surface area contributed by atoms with E-state index in [-0.39, 0.29) is 18.1 Å². The number of halogens is 7. The average molecular weight is 504 g/mol. The molecule has 0 amide bonds. The monoisotopic (exact) mass is 503 g/mol. The zero-order chi connectivity index (χ0) is 22.6. The molecule has 1 N–H and O–H groups in total. The number of hydrogen-bond acceptors (Lipinski definition) is 5. The first-order valence-electron chi connectivity index (χ1n) is 8.53. The average Bonchev–Trinajstić information content (AvgIpc) is 2.67. The van der Waals surface area contributed by atoms with Gasteiger partial charge in [0.15, 0.2) is 5.69 Å². The molecule has 162 valence electrons. The van der Waals surface area contributed by atoms with E-state index >= 15 is 0 Å². The van der Waals surface area contributed by atoms with Crippen molar-refractivity contribution in [1.29, 1.82) is 0 Å². The molecule has 0 unspecified atom stereocenters. The summed E-state index contributed by atoms with van der Waals surface area (Å²) in [6.45, 7) is 0.0649. The third-order valence-corrected chi connectivity index (χ3v) is 4.26. The molecule has 0 aliphatic rings. The van der Waals surface area contributed by atoms with Gasteiger partial charge in [0.1, 0.15) is 5.82 Å². The highest BCUT2D eigenvalue weighted by Gasteiger charge is 2.34. The van der Waals surface area contributed by atoms with Crippen molar-refractivity contribution in [2.75, 3.05) is 5.32 Å². The molecule has 1 aromatic heterocycles. The molecule has 1 heterocycles. The van der Waals surface area contributed by atoms with Gasteiger partial charge < -0.3 is 5.32 Å². The molecule has 3 aromatic rings. The van der Waals surface area contributed by atoms with Gasteiger partial charge in [-0.1, -0.05) is 34.1 Å². The van der Waals surface area contributed by atoms with Crippen LogP contribution in [-0.2, 0) is 18.9 Å². The van der Waals surface area contributed by atoms with Crippen LogP contribution in [0.5, 0.6) is 0 Å². The van der Waals surface area contributed by atoms with Gasteiger partial charge in [0.2, 0.25) is 0 Å². The first kappa shape index (κ1) is 22.7. The van der Waals surface area contributed by atoms with Crippen molar-refractivity contribution in [3.8, 4) is 0 Å². The van der Waals surface area contributed by atoms with Crippen LogP contribution in [0.4, 0.5) is 43.8 Å². The van der Waals surface area contributed by atoms with E-state index in [0.29, 0.717) is 6.07 Å². The summed E-state index contributed by atoms with van der Waals surface area (Å²) in [6, 6.07) is 11.6. The molecule has 3 rings (SSSR count). The molecule has 31 heavy (non-hydrogen) atoms. The number of aromatic nitrogens is 2. The van der Waals surface area contributed by atoms with E-state index in [9.17, 15) is 26.3 Å². The fraction of sp³-hybridized carbons (Fsp3) is 0.158. The summed E-state index contributed by atoms with van der Waals surface area (Å²) in [6.07, 6.45) is -9.42. The van der Waals surface area contributed by atoms with Crippen LogP contribution in [0.15, 0.2) is 69.3 Å². The Bertz CT molecular complexity index is 1100. The third kappa shape index (κ3) is 6.48. The van der Waals surface area contributed by atoms with Gasteiger partial charge in [-0.2, -0.15) is 36.4 Å². The highest BCUT2D eigenvalue weighted by atomic mass is 79.9. The van der Waals surface area contributed by atoms with Crippen molar-refractivity contribution in [2.24, 2.45) is 10.2 Å². The summed E-state index contributed by atoms with van der Waals surface area (Å²) in [5.74, 6) is -0.961. The summed E-state index contributed by atoms with van der Waals surface area (Å²) in [7, 11) is 0. The third-order valence-electron chi connectivity index (χ3n) is 3.77. The molecule has 0 radical (unpaired) electrons. The molecule has 12 heteroatoms. The smallest absolute Gasteiger partial charge is 0.340 e. The van der Waals surface area contributed by atoms with Crippen molar-refractivity contribution < 1.29 is 26.3 Å². The number of nitrogens with zero attached hydrogens (tertiary/aromatic N) is 4. The minimum atomic E-state index is -4.82. The van der Waals surface area contributed by atoms with Crippen LogP contribution in [0.1, 0.15) is 16.8 Å². The maximum absolute atomic E-state index is 13.2. The Kier molecular flexibility index (Phi) is 6.58. The lowest BCUT2D eigenvalue weighted by molar-refractivity contribution is -0.141. The number of azo groups is 1. The standard InChI is InChI=1S/C19H12BrF6N5/c20-13-5-1-3-11(7-13)10-27-31-17-29-15(19(24,25)26)9-16(30-17)28-14-6-2-4-12(8-14)18(21,22)23/h1-9H,10H2,(H,28,29,30). The molecule has 0 saturated heterocycles. The van der Waals surface area contributed by atoms with Gasteiger partial charge in [-0.05, 0) is 35.9 Å². The van der Waals surface area contributed by atoms with Gasteiger partial charge in [0, 0.05) is 16.2 Å². The number of anilines is 2. The number of rotatable bonds is 5. The Morgan fingerprint density at radius 3 is 2.29 bits per heavy atom. The minimum absolute atomic E-state index is 0.0649. The van der Waals surface area contributed by atoms with Crippen LogP contribution < -0.4 is 5.32 Å². The molecule has 0 bridgehead atoms. The van der Waals surface area contributed by atoms with Crippen LogP contribution in [0.2, 0.25) is 0 Å². The molecular weight excluding hydrogens is 492 g/mol. The van der Waals surface area contributed by atoms with Gasteiger partial charge in [-0.25, -0.2) is 4.98 Å². The zero-order valence-corrected chi connectivity index (χ0v) is 16.9. The predicted octanol–water partition coefficient (Wildman–Crippen LogP) is 7.30. The van der Waals surface area contributed by atoms with Crippen LogP contribution in [0, 0.1) is 0 Å². The fourth-order valence-electron chi connectivity index (χ4n) is 2.43. The van der Waals surface area contributed by atoms with Crippen molar-refractivity contribution in [3.05, 3.63) is 75.9 Å². The summed E-state index contributed by atoms with van der Waals surface area (Å²) in [5.41, 5.74) is -1.63. The van der Waals surface area contributed by atoms with Gasteiger partial charge in [0.05, 0.1) is 12.1 Å². The fourth-order valence-corrected chi connectivity index (χ4v) is 2.87. The normalized spacial score (nSPS) is 12.4. The number of benzene rings is 2. The Balaban J connectivity index is 1.88. The largest absolute Gasteiger partial charge is 0.433 e. The van der Waals surface area contributed by atoms with E-state index in [1.54, 1.807) is 24.3 Å². The van der Waals surface area contributed by atoms with Crippen LogP contribution in [0.3, 0.4) is 0 Å². The number of alkyl halides is 6. The van der Waals surface area contributed by atoms with E-state index in [1.165, 1.54) is 6.07 Å². The first-order chi connectivity index (χ1) is 14.5. The van der Waals surface area contributed by atoms with Crippen molar-refractivity contribution in [1.82, 2.24) is 9.97 Å². The molecule has 0 aliphatic heterocycles. The summed E-state index contributed by atoms with van der Waals surface area (Å²) >= 11 is 3.29. The Morgan fingerprint density at radius 2 is 1.61 bits per heavy atom. The summed E-state index contributed by atoms with van der Waals surface area (Å²) < 4.78 is 79.0. The molecule has 0 atom stereocenters. The maximum Gasteiger partial charge on any atom is 0.433 e. The summed E-state index contributed by atoms with van der Waals surface area (Å²) in [5, 5.41) is 9.86. The molecule has 0 saturated carbocycles. The minimum Gasteiger partial charge on any atom is -0.340 e. The van der Waals surface area contributed by atoms with E-state index in [2.05, 4.69) is 41.4 Å². The Morgan fingerprint density at radius 1 is 0.871 bits per heavy atom.